The van der Waals surface area contributed by atoms with Gasteiger partial charge in [0.05, 0.1) is 19.3 Å². The molecule has 1 aromatic carbocycles. The van der Waals surface area contributed by atoms with E-state index in [0.717, 1.165) is 31.2 Å². The van der Waals surface area contributed by atoms with Gasteiger partial charge in [-0.1, -0.05) is 55.3 Å². The van der Waals surface area contributed by atoms with Crippen molar-refractivity contribution in [1.82, 2.24) is 15.5 Å². The Morgan fingerprint density at radius 3 is 2.60 bits per heavy atom. The van der Waals surface area contributed by atoms with E-state index in [0.29, 0.717) is 19.4 Å². The number of carbonyl (C=O) groups excluding carboxylic acids is 4. The standard InChI is InChI=1S/C32H45N3O7/c1-5-40-29(38)32-19-23(32)16-12-7-6-8-13-17-25(33-30(39)42-31(2,3)4)28(37)35-20-24(18-26(35)27(36)34-32)41-21-22-14-10-9-11-15-22/h9-12,14-16,23-26H,5-8,13,17-21H2,1-4H3,(H,33,39)(H,34,36)/t23-,24-,25+,26+,32-/m1/s1. The van der Waals surface area contributed by atoms with E-state index in [2.05, 4.69) is 10.6 Å². The third-order valence-corrected chi connectivity index (χ3v) is 7.90. The number of allylic oxidation sites excluding steroid dienone is 1. The number of esters is 1. The van der Waals surface area contributed by atoms with E-state index >= 15 is 0 Å². The first-order chi connectivity index (χ1) is 20.0. The van der Waals surface area contributed by atoms with E-state index in [4.69, 9.17) is 14.2 Å². The topological polar surface area (TPSA) is 123 Å². The molecule has 0 aromatic heterocycles. The first kappa shape index (κ1) is 31.5. The Hall–Kier alpha value is -3.40. The molecule has 0 radical (unpaired) electrons. The van der Waals surface area contributed by atoms with Crippen molar-refractivity contribution in [2.45, 2.75) is 109 Å². The van der Waals surface area contributed by atoms with E-state index in [1.54, 1.807) is 27.7 Å². The number of nitrogens with one attached hydrogen (secondary N) is 2. The fourth-order valence-corrected chi connectivity index (χ4v) is 5.67. The summed E-state index contributed by atoms with van der Waals surface area (Å²) >= 11 is 0. The van der Waals surface area contributed by atoms with Gasteiger partial charge < -0.3 is 29.7 Å². The number of ether oxygens (including phenoxy) is 3. The van der Waals surface area contributed by atoms with Crippen LogP contribution in [0.4, 0.5) is 4.79 Å². The maximum atomic E-state index is 14.1. The molecule has 3 amide bonds. The second-order valence-corrected chi connectivity index (χ2v) is 12.4. The van der Waals surface area contributed by atoms with Crippen molar-refractivity contribution in [2.75, 3.05) is 13.2 Å². The molecule has 42 heavy (non-hydrogen) atoms. The zero-order valence-electron chi connectivity index (χ0n) is 25.2. The summed E-state index contributed by atoms with van der Waals surface area (Å²) in [6.07, 6.45) is 7.39. The Balaban J connectivity index is 1.59. The summed E-state index contributed by atoms with van der Waals surface area (Å²) in [5.74, 6) is -1.42. The highest BCUT2D eigenvalue weighted by Gasteiger charge is 2.62. The molecule has 1 aromatic rings. The number of amides is 3. The third kappa shape index (κ3) is 8.12. The number of nitrogens with zero attached hydrogens (tertiary/aromatic N) is 1. The maximum absolute atomic E-state index is 14.1. The van der Waals surface area contributed by atoms with Gasteiger partial charge in [-0.25, -0.2) is 9.59 Å². The average molecular weight is 584 g/mol. The number of alkyl carbamates (subject to hydrolysis) is 1. The Morgan fingerprint density at radius 2 is 1.88 bits per heavy atom. The number of rotatable bonds is 6. The predicted molar refractivity (Wildman–Crippen MR) is 156 cm³/mol. The van der Waals surface area contributed by atoms with Crippen LogP contribution in [0.25, 0.3) is 0 Å². The van der Waals surface area contributed by atoms with Gasteiger partial charge in [0.15, 0.2) is 0 Å². The molecule has 2 fully saturated rings. The molecule has 0 unspecified atom stereocenters. The van der Waals surface area contributed by atoms with Crippen LogP contribution in [0.1, 0.15) is 78.2 Å². The van der Waals surface area contributed by atoms with Crippen molar-refractivity contribution in [2.24, 2.45) is 5.92 Å². The van der Waals surface area contributed by atoms with E-state index in [-0.39, 0.29) is 31.4 Å². The second kappa shape index (κ2) is 13.7. The lowest BCUT2D eigenvalue weighted by molar-refractivity contribution is -0.150. The van der Waals surface area contributed by atoms with E-state index in [1.807, 2.05) is 42.5 Å². The van der Waals surface area contributed by atoms with Crippen molar-refractivity contribution in [3.05, 3.63) is 48.0 Å². The van der Waals surface area contributed by atoms with Crippen LogP contribution in [0.3, 0.4) is 0 Å². The molecule has 4 rings (SSSR count). The molecule has 2 N–H and O–H groups in total. The van der Waals surface area contributed by atoms with Gasteiger partial charge in [-0.05, 0) is 58.9 Å². The Morgan fingerprint density at radius 1 is 1.12 bits per heavy atom. The van der Waals surface area contributed by atoms with Gasteiger partial charge in [0.1, 0.15) is 23.2 Å². The molecule has 1 aliphatic carbocycles. The van der Waals surface area contributed by atoms with E-state index in [9.17, 15) is 19.2 Å². The van der Waals surface area contributed by atoms with Crippen LogP contribution in [0.5, 0.6) is 0 Å². The van der Waals surface area contributed by atoms with Gasteiger partial charge in [-0.15, -0.1) is 0 Å². The number of hydrogen-bond donors (Lipinski definition) is 2. The van der Waals surface area contributed by atoms with Gasteiger partial charge in [-0.3, -0.25) is 9.59 Å². The molecule has 2 aliphatic heterocycles. The van der Waals surface area contributed by atoms with Crippen LogP contribution < -0.4 is 10.6 Å². The lowest BCUT2D eigenvalue weighted by atomic mass is 10.0. The SMILES string of the molecule is CCOC(=O)[C@@]12C[C@H]1C=CCCCCC[C@H](NC(=O)OC(C)(C)C)C(=O)N1C[C@H](OCc3ccccc3)C[C@H]1C(=O)N2. The number of hydrogen-bond acceptors (Lipinski definition) is 7. The largest absolute Gasteiger partial charge is 0.464 e. The van der Waals surface area contributed by atoms with Crippen LogP contribution in [0.15, 0.2) is 42.5 Å². The molecule has 10 nitrogen and oxygen atoms in total. The van der Waals surface area contributed by atoms with E-state index < -0.39 is 47.3 Å². The van der Waals surface area contributed by atoms with Crippen molar-refractivity contribution in [1.29, 1.82) is 0 Å². The lowest BCUT2D eigenvalue weighted by Crippen LogP contribution is -2.56. The fraction of sp³-hybridized carbons (Fsp3) is 0.625. The Kier molecular flexibility index (Phi) is 10.3. The lowest BCUT2D eigenvalue weighted by Gasteiger charge is -2.30. The first-order valence-electron chi connectivity index (χ1n) is 15.1. The van der Waals surface area contributed by atoms with Crippen molar-refractivity contribution in [3.8, 4) is 0 Å². The summed E-state index contributed by atoms with van der Waals surface area (Å²) in [7, 11) is 0. The molecular weight excluding hydrogens is 538 g/mol. The Labute approximate surface area is 248 Å². The summed E-state index contributed by atoms with van der Waals surface area (Å²) < 4.78 is 17.0. The van der Waals surface area contributed by atoms with Crippen molar-refractivity contribution in [3.63, 3.8) is 0 Å². The van der Waals surface area contributed by atoms with Gasteiger partial charge in [0, 0.05) is 18.9 Å². The van der Waals surface area contributed by atoms with Gasteiger partial charge in [0.25, 0.3) is 0 Å². The number of benzene rings is 1. The zero-order valence-corrected chi connectivity index (χ0v) is 25.2. The monoisotopic (exact) mass is 583 g/mol. The minimum Gasteiger partial charge on any atom is -0.464 e. The maximum Gasteiger partial charge on any atom is 0.408 e. The van der Waals surface area contributed by atoms with Crippen LogP contribution in [-0.2, 0) is 35.2 Å². The molecule has 5 atom stereocenters. The smallest absolute Gasteiger partial charge is 0.408 e. The normalized spacial score (nSPS) is 28.4. The molecule has 1 saturated heterocycles. The van der Waals surface area contributed by atoms with Crippen LogP contribution in [0, 0.1) is 5.92 Å². The van der Waals surface area contributed by atoms with Gasteiger partial charge >= 0.3 is 12.1 Å². The van der Waals surface area contributed by atoms with Crippen LogP contribution in [-0.4, -0.2) is 71.3 Å². The molecule has 3 aliphatic rings. The molecule has 0 spiro atoms. The highest BCUT2D eigenvalue weighted by molar-refractivity contribution is 5.96. The molecule has 2 heterocycles. The quantitative estimate of drug-likeness (QED) is 0.383. The highest BCUT2D eigenvalue weighted by atomic mass is 16.6. The number of fused-ring (bicyclic) bond motifs is 2. The summed E-state index contributed by atoms with van der Waals surface area (Å²) in [5.41, 5.74) is -0.889. The summed E-state index contributed by atoms with van der Waals surface area (Å²) in [6, 6.07) is 7.95. The van der Waals surface area contributed by atoms with Gasteiger partial charge in [-0.2, -0.15) is 0 Å². The Bertz CT molecular complexity index is 1150. The molecular formula is C32H45N3O7. The minimum atomic E-state index is -1.14. The number of carbonyl (C=O) groups is 4. The first-order valence-corrected chi connectivity index (χ1v) is 15.1. The van der Waals surface area contributed by atoms with Crippen LogP contribution in [0.2, 0.25) is 0 Å². The molecule has 0 bridgehead atoms. The zero-order chi connectivity index (χ0) is 30.3. The van der Waals surface area contributed by atoms with E-state index in [1.165, 1.54) is 4.90 Å². The minimum absolute atomic E-state index is 0.164. The summed E-state index contributed by atoms with van der Waals surface area (Å²) in [6.45, 7) is 7.75. The third-order valence-electron chi connectivity index (χ3n) is 7.90. The average Bonchev–Trinajstić information content (AvgIpc) is 3.45. The molecule has 10 heteroatoms. The van der Waals surface area contributed by atoms with Crippen molar-refractivity contribution < 1.29 is 33.4 Å². The predicted octanol–water partition coefficient (Wildman–Crippen LogP) is 4.02. The fourth-order valence-electron chi connectivity index (χ4n) is 5.67. The molecule has 230 valence electrons. The van der Waals surface area contributed by atoms with Crippen molar-refractivity contribution >= 4 is 23.9 Å². The molecule has 1 saturated carbocycles. The summed E-state index contributed by atoms with van der Waals surface area (Å²) in [5, 5.41) is 5.73. The highest BCUT2D eigenvalue weighted by Crippen LogP contribution is 2.46. The van der Waals surface area contributed by atoms with Gasteiger partial charge in [0.2, 0.25) is 11.8 Å². The van der Waals surface area contributed by atoms with Crippen LogP contribution >= 0.6 is 0 Å². The second-order valence-electron chi connectivity index (χ2n) is 12.4. The summed E-state index contributed by atoms with van der Waals surface area (Å²) in [4.78, 5) is 55.2.